The summed E-state index contributed by atoms with van der Waals surface area (Å²) in [5, 5.41) is 7.41. The second-order valence-electron chi connectivity index (χ2n) is 6.45. The molecular formula is C17H25N5O. The van der Waals surface area contributed by atoms with Gasteiger partial charge in [0.15, 0.2) is 0 Å². The van der Waals surface area contributed by atoms with Crippen LogP contribution in [0.5, 0.6) is 0 Å². The lowest BCUT2D eigenvalue weighted by molar-refractivity contribution is 0.0876. The minimum absolute atomic E-state index is 0.0236. The van der Waals surface area contributed by atoms with Crippen molar-refractivity contribution in [2.45, 2.75) is 25.8 Å². The molecule has 3 rings (SSSR count). The lowest BCUT2D eigenvalue weighted by Gasteiger charge is -2.39. The number of aromatic amines is 1. The molecule has 0 spiro atoms. The smallest absolute Gasteiger partial charge is 0.267 e. The summed E-state index contributed by atoms with van der Waals surface area (Å²) in [6.07, 6.45) is 5.92. The summed E-state index contributed by atoms with van der Waals surface area (Å²) in [6.45, 7) is 3.70. The lowest BCUT2D eigenvalue weighted by atomic mass is 9.87. The molecule has 1 fully saturated rings. The van der Waals surface area contributed by atoms with Gasteiger partial charge in [-0.1, -0.05) is 0 Å². The quantitative estimate of drug-likeness (QED) is 0.905. The summed E-state index contributed by atoms with van der Waals surface area (Å²) in [5.74, 6) is 0.368. The van der Waals surface area contributed by atoms with E-state index in [0.29, 0.717) is 24.2 Å². The van der Waals surface area contributed by atoms with E-state index in [-0.39, 0.29) is 5.91 Å². The number of H-pyrrole nitrogens is 1. The molecule has 0 aliphatic carbocycles. The number of nitrogens with zero attached hydrogens (tertiary/aromatic N) is 3. The molecule has 1 aliphatic heterocycles. The monoisotopic (exact) mass is 315 g/mol. The van der Waals surface area contributed by atoms with Crippen molar-refractivity contribution in [1.82, 2.24) is 25.0 Å². The van der Waals surface area contributed by atoms with Crippen molar-refractivity contribution in [1.29, 1.82) is 0 Å². The van der Waals surface area contributed by atoms with Gasteiger partial charge in [0.2, 0.25) is 0 Å². The van der Waals surface area contributed by atoms with E-state index in [4.69, 9.17) is 0 Å². The topological polar surface area (TPSA) is 66.0 Å². The fraction of sp³-hybridized carbons (Fsp3) is 0.529. The number of aryl methyl sites for hydroxylation is 2. The van der Waals surface area contributed by atoms with Crippen LogP contribution in [-0.2, 0) is 7.05 Å². The van der Waals surface area contributed by atoms with E-state index in [0.717, 1.165) is 24.9 Å². The minimum Gasteiger partial charge on any atom is -0.357 e. The minimum atomic E-state index is -0.0236. The molecule has 1 aliphatic rings. The number of hydrogen-bond acceptors (Lipinski definition) is 3. The normalized spacial score (nSPS) is 22.2. The molecule has 1 amide bonds. The van der Waals surface area contributed by atoms with Gasteiger partial charge in [-0.15, -0.1) is 0 Å². The van der Waals surface area contributed by atoms with Crippen molar-refractivity contribution < 1.29 is 4.79 Å². The Morgan fingerprint density at radius 1 is 1.43 bits per heavy atom. The summed E-state index contributed by atoms with van der Waals surface area (Å²) < 4.78 is 1.94. The first-order valence-electron chi connectivity index (χ1n) is 8.18. The average Bonchev–Trinajstić information content (AvgIpc) is 3.13. The summed E-state index contributed by atoms with van der Waals surface area (Å²) in [6, 6.07) is 4.29. The number of amides is 1. The maximum Gasteiger partial charge on any atom is 0.267 e. The van der Waals surface area contributed by atoms with Gasteiger partial charge in [-0.2, -0.15) is 5.10 Å². The van der Waals surface area contributed by atoms with Crippen LogP contribution in [0.3, 0.4) is 0 Å². The van der Waals surface area contributed by atoms with Crippen LogP contribution in [0.4, 0.5) is 0 Å². The van der Waals surface area contributed by atoms with Gasteiger partial charge in [0, 0.05) is 26.0 Å². The van der Waals surface area contributed by atoms with Gasteiger partial charge < -0.3 is 10.3 Å². The lowest BCUT2D eigenvalue weighted by Crippen LogP contribution is -2.42. The van der Waals surface area contributed by atoms with E-state index in [1.165, 1.54) is 5.69 Å². The van der Waals surface area contributed by atoms with Crippen molar-refractivity contribution in [3.05, 3.63) is 41.5 Å². The molecule has 0 aromatic carbocycles. The standard InChI is InChI=1S/C17H25N5O/c1-12-6-8-18-15(12)17(23)19-11-13-5-4-10-21(2)16(13)14-7-9-20-22(14)3/h6-9,13,16,18H,4-5,10-11H2,1-3H3,(H,19,23)/t13-,16+/m0/s1. The molecule has 2 N–H and O–H groups in total. The first kappa shape index (κ1) is 15.8. The molecule has 6 heteroatoms. The van der Waals surface area contributed by atoms with E-state index in [1.54, 1.807) is 6.20 Å². The number of piperidine rings is 1. The fourth-order valence-corrected chi connectivity index (χ4v) is 3.62. The molecule has 2 atom stereocenters. The second-order valence-corrected chi connectivity index (χ2v) is 6.45. The van der Waals surface area contributed by atoms with Gasteiger partial charge in [-0.25, -0.2) is 0 Å². The fourth-order valence-electron chi connectivity index (χ4n) is 3.62. The van der Waals surface area contributed by atoms with Gasteiger partial charge >= 0.3 is 0 Å². The number of carbonyl (C=O) groups excluding carboxylic acids is 1. The second kappa shape index (κ2) is 6.58. The SMILES string of the molecule is Cc1cc[nH]c1C(=O)NC[C@@H]1CCCN(C)[C@H]1c1ccnn1C. The Bertz CT molecular complexity index is 674. The van der Waals surface area contributed by atoms with Crippen LogP contribution in [0.1, 0.15) is 40.6 Å². The Balaban J connectivity index is 1.71. The van der Waals surface area contributed by atoms with Crippen molar-refractivity contribution in [2.75, 3.05) is 20.1 Å². The Hall–Kier alpha value is -2.08. The summed E-state index contributed by atoms with van der Waals surface area (Å²) >= 11 is 0. The van der Waals surface area contributed by atoms with Crippen LogP contribution >= 0.6 is 0 Å². The molecule has 0 unspecified atom stereocenters. The van der Waals surface area contributed by atoms with E-state index < -0.39 is 0 Å². The van der Waals surface area contributed by atoms with Gasteiger partial charge in [0.1, 0.15) is 5.69 Å². The highest BCUT2D eigenvalue weighted by atomic mass is 16.1. The van der Waals surface area contributed by atoms with Gasteiger partial charge in [0.05, 0.1) is 11.7 Å². The molecule has 2 aromatic heterocycles. The number of aromatic nitrogens is 3. The molecule has 3 heterocycles. The first-order valence-corrected chi connectivity index (χ1v) is 8.18. The molecule has 124 valence electrons. The molecule has 1 saturated heterocycles. The van der Waals surface area contributed by atoms with E-state index in [1.807, 2.05) is 30.9 Å². The largest absolute Gasteiger partial charge is 0.357 e. The molecule has 23 heavy (non-hydrogen) atoms. The number of hydrogen-bond donors (Lipinski definition) is 2. The zero-order chi connectivity index (χ0) is 16.4. The highest BCUT2D eigenvalue weighted by Crippen LogP contribution is 2.34. The van der Waals surface area contributed by atoms with Gasteiger partial charge in [-0.05, 0) is 57.0 Å². The Kier molecular flexibility index (Phi) is 4.52. The van der Waals surface area contributed by atoms with E-state index >= 15 is 0 Å². The van der Waals surface area contributed by atoms with E-state index in [2.05, 4.69) is 33.4 Å². The summed E-state index contributed by atoms with van der Waals surface area (Å²) in [5.41, 5.74) is 2.85. The van der Waals surface area contributed by atoms with Crippen LogP contribution in [-0.4, -0.2) is 45.7 Å². The van der Waals surface area contributed by atoms with E-state index in [9.17, 15) is 4.79 Å². The van der Waals surface area contributed by atoms with Crippen LogP contribution < -0.4 is 5.32 Å². The number of nitrogens with one attached hydrogen (secondary N) is 2. The van der Waals surface area contributed by atoms with Crippen molar-refractivity contribution >= 4 is 5.91 Å². The number of rotatable bonds is 4. The Labute approximate surface area is 136 Å². The molecule has 2 aromatic rings. The predicted octanol–water partition coefficient (Wildman–Crippen LogP) is 1.87. The maximum absolute atomic E-state index is 12.3. The number of carbonyl (C=O) groups is 1. The van der Waals surface area contributed by atoms with Crippen LogP contribution in [0, 0.1) is 12.8 Å². The Morgan fingerprint density at radius 3 is 2.91 bits per heavy atom. The van der Waals surface area contributed by atoms with Crippen molar-refractivity contribution in [3.8, 4) is 0 Å². The Morgan fingerprint density at radius 2 is 2.26 bits per heavy atom. The highest BCUT2D eigenvalue weighted by molar-refractivity contribution is 5.93. The molecule has 0 bridgehead atoms. The zero-order valence-electron chi connectivity index (χ0n) is 14.0. The zero-order valence-corrected chi connectivity index (χ0v) is 14.0. The summed E-state index contributed by atoms with van der Waals surface area (Å²) in [7, 11) is 4.14. The van der Waals surface area contributed by atoms with Crippen molar-refractivity contribution in [3.63, 3.8) is 0 Å². The van der Waals surface area contributed by atoms with Crippen LogP contribution in [0.15, 0.2) is 24.5 Å². The third-order valence-electron chi connectivity index (χ3n) is 4.88. The molecule has 0 radical (unpaired) electrons. The highest BCUT2D eigenvalue weighted by Gasteiger charge is 2.32. The molecule has 0 saturated carbocycles. The molecular weight excluding hydrogens is 290 g/mol. The summed E-state index contributed by atoms with van der Waals surface area (Å²) in [4.78, 5) is 17.7. The average molecular weight is 315 g/mol. The van der Waals surface area contributed by atoms with Crippen LogP contribution in [0.2, 0.25) is 0 Å². The maximum atomic E-state index is 12.3. The third kappa shape index (κ3) is 3.17. The number of likely N-dealkylation sites (tertiary alicyclic amines) is 1. The molecule has 6 nitrogen and oxygen atoms in total. The third-order valence-corrected chi connectivity index (χ3v) is 4.88. The van der Waals surface area contributed by atoms with Gasteiger partial charge in [0.25, 0.3) is 5.91 Å². The van der Waals surface area contributed by atoms with Crippen LogP contribution in [0.25, 0.3) is 0 Å². The van der Waals surface area contributed by atoms with Gasteiger partial charge in [-0.3, -0.25) is 14.4 Å². The first-order chi connectivity index (χ1) is 11.1. The van der Waals surface area contributed by atoms with Crippen molar-refractivity contribution in [2.24, 2.45) is 13.0 Å². The predicted molar refractivity (Wildman–Crippen MR) is 89.2 cm³/mol.